The Kier molecular flexibility index (Phi) is 24.3. The summed E-state index contributed by atoms with van der Waals surface area (Å²) in [7, 11) is 0. The molecule has 0 bridgehead atoms. The fourth-order valence-electron chi connectivity index (χ4n) is 3.91. The molecule has 0 unspecified atom stereocenters. The van der Waals surface area contributed by atoms with Crippen molar-refractivity contribution in [3.05, 3.63) is 0 Å². The lowest BCUT2D eigenvalue weighted by Crippen LogP contribution is -2.26. The predicted octanol–water partition coefficient (Wildman–Crippen LogP) is 7.45. The van der Waals surface area contributed by atoms with Crippen LogP contribution in [-0.4, -0.2) is 24.9 Å². The molecule has 0 aromatic carbocycles. The van der Waals surface area contributed by atoms with E-state index < -0.39 is 0 Å². The highest BCUT2D eigenvalue weighted by molar-refractivity contribution is 5.78. The Hall–Kier alpha value is -1.06. The molecule has 0 spiro atoms. The summed E-state index contributed by atoms with van der Waals surface area (Å²) in [6.07, 6.45) is 24.9. The van der Waals surface area contributed by atoms with Crippen molar-refractivity contribution < 1.29 is 9.59 Å². The second-order valence-corrected chi connectivity index (χ2v) is 9.21. The average molecular weight is 439 g/mol. The van der Waals surface area contributed by atoms with Crippen molar-refractivity contribution in [3.8, 4) is 0 Å². The van der Waals surface area contributed by atoms with Crippen LogP contribution < -0.4 is 10.6 Å². The van der Waals surface area contributed by atoms with Crippen LogP contribution in [0.2, 0.25) is 0 Å². The lowest BCUT2D eigenvalue weighted by Gasteiger charge is -2.07. The van der Waals surface area contributed by atoms with E-state index in [1.807, 2.05) is 0 Å². The van der Waals surface area contributed by atoms with Crippen LogP contribution in [-0.2, 0) is 9.59 Å². The highest BCUT2D eigenvalue weighted by atomic mass is 16.2. The minimum Gasteiger partial charge on any atom is -0.356 e. The van der Waals surface area contributed by atoms with Crippen LogP contribution in [0.25, 0.3) is 0 Å². The molecular weight excluding hydrogens is 384 g/mol. The van der Waals surface area contributed by atoms with Gasteiger partial charge in [0.15, 0.2) is 0 Å². The zero-order valence-corrected chi connectivity index (χ0v) is 21.1. The molecule has 0 aromatic rings. The number of carbonyl (C=O) groups excluding carboxylic acids is 2. The van der Waals surface area contributed by atoms with Gasteiger partial charge < -0.3 is 10.6 Å². The SMILES string of the molecule is CCCCCCCCCCCNC(=O)CCCC(=O)NCCCCCCCCCCC. The molecule has 0 aliphatic rings. The van der Waals surface area contributed by atoms with E-state index in [2.05, 4.69) is 24.5 Å². The summed E-state index contributed by atoms with van der Waals surface area (Å²) in [5, 5.41) is 5.98. The Balaban J connectivity index is 3.30. The van der Waals surface area contributed by atoms with Crippen molar-refractivity contribution in [2.75, 3.05) is 13.1 Å². The van der Waals surface area contributed by atoms with Gasteiger partial charge in [-0.3, -0.25) is 9.59 Å². The maximum atomic E-state index is 11.9. The number of hydrogen-bond donors (Lipinski definition) is 2. The fourth-order valence-corrected chi connectivity index (χ4v) is 3.91. The molecule has 0 saturated heterocycles. The number of carbonyl (C=O) groups is 2. The molecule has 184 valence electrons. The lowest BCUT2D eigenvalue weighted by molar-refractivity contribution is -0.122. The van der Waals surface area contributed by atoms with Gasteiger partial charge in [0.2, 0.25) is 11.8 Å². The maximum Gasteiger partial charge on any atom is 0.220 e. The van der Waals surface area contributed by atoms with Gasteiger partial charge in [-0.2, -0.15) is 0 Å². The van der Waals surface area contributed by atoms with Crippen LogP contribution in [0.15, 0.2) is 0 Å². The minimum absolute atomic E-state index is 0.0892. The van der Waals surface area contributed by atoms with Crippen molar-refractivity contribution in [2.45, 2.75) is 149 Å². The normalized spacial score (nSPS) is 10.9. The Morgan fingerprint density at radius 2 is 0.710 bits per heavy atom. The smallest absolute Gasteiger partial charge is 0.220 e. The lowest BCUT2D eigenvalue weighted by atomic mass is 10.1. The molecule has 0 saturated carbocycles. The van der Waals surface area contributed by atoms with E-state index in [1.165, 1.54) is 103 Å². The highest BCUT2D eigenvalue weighted by Crippen LogP contribution is 2.10. The third kappa shape index (κ3) is 25.1. The third-order valence-corrected chi connectivity index (χ3v) is 6.01. The standard InChI is InChI=1S/C27H54N2O2/c1-3-5-7-9-11-13-15-17-19-24-28-26(30)22-21-23-27(31)29-25-20-18-16-14-12-10-8-6-4-2/h3-25H2,1-2H3,(H,28,30)(H,29,31). The zero-order valence-electron chi connectivity index (χ0n) is 21.1. The number of hydrogen-bond acceptors (Lipinski definition) is 2. The molecule has 0 radical (unpaired) electrons. The maximum absolute atomic E-state index is 11.9. The van der Waals surface area contributed by atoms with Gasteiger partial charge in [0.25, 0.3) is 0 Å². The van der Waals surface area contributed by atoms with E-state index in [1.54, 1.807) is 0 Å². The van der Waals surface area contributed by atoms with Crippen molar-refractivity contribution >= 4 is 11.8 Å². The van der Waals surface area contributed by atoms with Gasteiger partial charge >= 0.3 is 0 Å². The molecule has 2 amide bonds. The summed E-state index contributed by atoms with van der Waals surface area (Å²) in [6.45, 7) is 6.06. The van der Waals surface area contributed by atoms with Crippen molar-refractivity contribution in [1.29, 1.82) is 0 Å². The van der Waals surface area contributed by atoms with Crippen LogP contribution >= 0.6 is 0 Å². The summed E-state index contributed by atoms with van der Waals surface area (Å²) < 4.78 is 0. The van der Waals surface area contributed by atoms with Crippen molar-refractivity contribution in [3.63, 3.8) is 0 Å². The number of rotatable bonds is 24. The molecule has 0 aromatic heterocycles. The summed E-state index contributed by atoms with van der Waals surface area (Å²) >= 11 is 0. The third-order valence-electron chi connectivity index (χ3n) is 6.01. The van der Waals surface area contributed by atoms with Gasteiger partial charge in [-0.05, 0) is 19.3 Å². The Bertz CT molecular complexity index is 363. The van der Waals surface area contributed by atoms with Crippen LogP contribution in [0.4, 0.5) is 0 Å². The first-order chi connectivity index (χ1) is 15.2. The number of unbranched alkanes of at least 4 members (excludes halogenated alkanes) is 16. The number of amides is 2. The van der Waals surface area contributed by atoms with Gasteiger partial charge in [-0.15, -0.1) is 0 Å². The van der Waals surface area contributed by atoms with E-state index in [9.17, 15) is 9.59 Å². The second-order valence-electron chi connectivity index (χ2n) is 9.21. The van der Waals surface area contributed by atoms with Crippen molar-refractivity contribution in [1.82, 2.24) is 10.6 Å². The summed E-state index contributed by atoms with van der Waals surface area (Å²) in [5.74, 6) is 0.178. The average Bonchev–Trinajstić information content (AvgIpc) is 2.76. The minimum atomic E-state index is 0.0892. The summed E-state index contributed by atoms with van der Waals surface area (Å²) in [5.41, 5.74) is 0. The van der Waals surface area contributed by atoms with E-state index in [0.717, 1.165) is 25.9 Å². The molecule has 0 rings (SSSR count). The van der Waals surface area contributed by atoms with Crippen molar-refractivity contribution in [2.24, 2.45) is 0 Å². The van der Waals surface area contributed by atoms with E-state index in [4.69, 9.17) is 0 Å². The highest BCUT2D eigenvalue weighted by Gasteiger charge is 2.04. The zero-order chi connectivity index (χ0) is 22.8. The molecule has 0 atom stereocenters. The quantitative estimate of drug-likeness (QED) is 0.154. The van der Waals surface area contributed by atoms with Gasteiger partial charge in [0.05, 0.1) is 0 Å². The first-order valence-corrected chi connectivity index (χ1v) is 13.7. The number of nitrogens with one attached hydrogen (secondary N) is 2. The molecule has 4 nitrogen and oxygen atoms in total. The van der Waals surface area contributed by atoms with E-state index >= 15 is 0 Å². The predicted molar refractivity (Wildman–Crippen MR) is 134 cm³/mol. The van der Waals surface area contributed by atoms with E-state index in [-0.39, 0.29) is 11.8 Å². The monoisotopic (exact) mass is 438 g/mol. The molecule has 0 heterocycles. The first-order valence-electron chi connectivity index (χ1n) is 13.7. The van der Waals surface area contributed by atoms with Gasteiger partial charge in [-0.1, -0.05) is 117 Å². The molecule has 0 aliphatic carbocycles. The second kappa shape index (κ2) is 25.2. The first kappa shape index (κ1) is 29.9. The van der Waals surface area contributed by atoms with Gasteiger partial charge in [0.1, 0.15) is 0 Å². The van der Waals surface area contributed by atoms with Crippen LogP contribution in [0, 0.1) is 0 Å². The van der Waals surface area contributed by atoms with Crippen LogP contribution in [0.5, 0.6) is 0 Å². The molecule has 2 N–H and O–H groups in total. The Morgan fingerprint density at radius 3 is 1.03 bits per heavy atom. The van der Waals surface area contributed by atoms with Crippen LogP contribution in [0.3, 0.4) is 0 Å². The van der Waals surface area contributed by atoms with Gasteiger partial charge in [0, 0.05) is 25.9 Å². The molecule has 0 fully saturated rings. The largest absolute Gasteiger partial charge is 0.356 e. The topological polar surface area (TPSA) is 58.2 Å². The van der Waals surface area contributed by atoms with Gasteiger partial charge in [-0.25, -0.2) is 0 Å². The Labute approximate surface area is 194 Å². The molecule has 31 heavy (non-hydrogen) atoms. The van der Waals surface area contributed by atoms with Crippen LogP contribution in [0.1, 0.15) is 149 Å². The summed E-state index contributed by atoms with van der Waals surface area (Å²) in [6, 6.07) is 0. The van der Waals surface area contributed by atoms with E-state index in [0.29, 0.717) is 19.3 Å². The Morgan fingerprint density at radius 1 is 0.419 bits per heavy atom. The fraction of sp³-hybridized carbons (Fsp3) is 0.926. The summed E-state index contributed by atoms with van der Waals surface area (Å²) in [4.78, 5) is 23.7. The molecular formula is C27H54N2O2. The molecule has 0 aliphatic heterocycles. The molecule has 4 heteroatoms.